The van der Waals surface area contributed by atoms with Crippen molar-refractivity contribution in [1.29, 1.82) is 0 Å². The highest BCUT2D eigenvalue weighted by Gasteiger charge is 2.13. The summed E-state index contributed by atoms with van der Waals surface area (Å²) in [6.45, 7) is 0. The van der Waals surface area contributed by atoms with Crippen LogP contribution in [0.3, 0.4) is 0 Å². The Balaban J connectivity index is 2.07. The SMILES string of the molecule is O=c1[nH][n+](-c2ccc(Cl)cc2)cn1-c1ccccc1. The quantitative estimate of drug-likeness (QED) is 0.713. The summed E-state index contributed by atoms with van der Waals surface area (Å²) in [5.41, 5.74) is 1.47. The number of rotatable bonds is 2. The Hall–Kier alpha value is -2.33. The number of nitrogens with zero attached hydrogens (tertiary/aromatic N) is 2. The minimum atomic E-state index is -0.193. The van der Waals surface area contributed by atoms with Gasteiger partial charge in [-0.15, -0.1) is 14.3 Å². The first-order valence-electron chi connectivity index (χ1n) is 5.79. The van der Waals surface area contributed by atoms with E-state index in [1.165, 1.54) is 0 Å². The van der Waals surface area contributed by atoms with Crippen LogP contribution in [-0.2, 0) is 0 Å². The minimum Gasteiger partial charge on any atom is -0.216 e. The number of nitrogens with one attached hydrogen (secondary N) is 1. The van der Waals surface area contributed by atoms with Crippen molar-refractivity contribution in [1.82, 2.24) is 9.67 Å². The summed E-state index contributed by atoms with van der Waals surface area (Å²) in [5, 5.41) is 3.42. The molecule has 0 unspecified atom stereocenters. The van der Waals surface area contributed by atoms with Gasteiger partial charge in [0.2, 0.25) is 0 Å². The summed E-state index contributed by atoms with van der Waals surface area (Å²) in [5.74, 6) is 0. The zero-order chi connectivity index (χ0) is 13.2. The van der Waals surface area contributed by atoms with Crippen molar-refractivity contribution >= 4 is 11.6 Å². The van der Waals surface area contributed by atoms with Crippen LogP contribution in [0.5, 0.6) is 0 Å². The van der Waals surface area contributed by atoms with Gasteiger partial charge in [-0.2, -0.15) is 0 Å². The molecule has 1 heterocycles. The highest BCUT2D eigenvalue weighted by molar-refractivity contribution is 6.30. The summed E-state index contributed by atoms with van der Waals surface area (Å²) in [6.07, 6.45) is 1.71. The zero-order valence-corrected chi connectivity index (χ0v) is 10.7. The van der Waals surface area contributed by atoms with Crippen molar-refractivity contribution in [3.8, 4) is 11.4 Å². The number of aromatic nitrogens is 3. The molecule has 0 spiro atoms. The minimum absolute atomic E-state index is 0.193. The van der Waals surface area contributed by atoms with E-state index in [0.29, 0.717) is 5.02 Å². The normalized spacial score (nSPS) is 10.6. The van der Waals surface area contributed by atoms with Crippen LogP contribution in [-0.4, -0.2) is 9.67 Å². The van der Waals surface area contributed by atoms with Crippen LogP contribution in [0.4, 0.5) is 0 Å². The van der Waals surface area contributed by atoms with Gasteiger partial charge in [0.05, 0.1) is 0 Å². The second-order valence-electron chi connectivity index (χ2n) is 4.08. The van der Waals surface area contributed by atoms with E-state index in [9.17, 15) is 4.79 Å². The maximum atomic E-state index is 11.9. The molecule has 5 heteroatoms. The smallest absolute Gasteiger partial charge is 0.216 e. The number of benzene rings is 2. The molecule has 0 aliphatic carbocycles. The molecule has 1 aromatic heterocycles. The van der Waals surface area contributed by atoms with E-state index >= 15 is 0 Å². The molecule has 94 valence electrons. The zero-order valence-electron chi connectivity index (χ0n) is 9.95. The molecule has 0 radical (unpaired) electrons. The number of hydrogen-bond acceptors (Lipinski definition) is 1. The number of H-pyrrole nitrogens is 1. The van der Waals surface area contributed by atoms with E-state index in [1.807, 2.05) is 42.5 Å². The molecule has 19 heavy (non-hydrogen) atoms. The van der Waals surface area contributed by atoms with Crippen molar-refractivity contribution in [2.24, 2.45) is 0 Å². The second-order valence-corrected chi connectivity index (χ2v) is 4.52. The lowest BCUT2D eigenvalue weighted by Gasteiger charge is -1.94. The van der Waals surface area contributed by atoms with E-state index < -0.39 is 0 Å². The van der Waals surface area contributed by atoms with Gasteiger partial charge in [-0.05, 0) is 36.4 Å². The Morgan fingerprint density at radius 3 is 2.37 bits per heavy atom. The lowest BCUT2D eigenvalue weighted by molar-refractivity contribution is -0.658. The maximum Gasteiger partial charge on any atom is 0.449 e. The van der Waals surface area contributed by atoms with E-state index in [4.69, 9.17) is 11.6 Å². The fourth-order valence-corrected chi connectivity index (χ4v) is 1.99. The third-order valence-electron chi connectivity index (χ3n) is 2.80. The van der Waals surface area contributed by atoms with E-state index in [1.54, 1.807) is 27.7 Å². The molecule has 0 saturated heterocycles. The fourth-order valence-electron chi connectivity index (χ4n) is 1.86. The first-order valence-corrected chi connectivity index (χ1v) is 6.16. The third-order valence-corrected chi connectivity index (χ3v) is 3.06. The number of hydrogen-bond donors (Lipinski definition) is 1. The Labute approximate surface area is 114 Å². The highest BCUT2D eigenvalue weighted by atomic mass is 35.5. The van der Waals surface area contributed by atoms with Crippen LogP contribution in [0, 0.1) is 0 Å². The molecular formula is C14H11ClN3O+. The van der Waals surface area contributed by atoms with Gasteiger partial charge in [0.15, 0.2) is 5.69 Å². The van der Waals surface area contributed by atoms with Gasteiger partial charge in [-0.3, -0.25) is 0 Å². The van der Waals surface area contributed by atoms with Gasteiger partial charge in [0.25, 0.3) is 6.33 Å². The monoisotopic (exact) mass is 272 g/mol. The summed E-state index contributed by atoms with van der Waals surface area (Å²) >= 11 is 5.85. The molecule has 0 aliphatic heterocycles. The molecular weight excluding hydrogens is 262 g/mol. The van der Waals surface area contributed by atoms with Crippen LogP contribution >= 0.6 is 11.6 Å². The Morgan fingerprint density at radius 1 is 1.00 bits per heavy atom. The predicted octanol–water partition coefficient (Wildman–Crippen LogP) is 2.10. The van der Waals surface area contributed by atoms with Crippen molar-refractivity contribution < 1.29 is 4.68 Å². The fraction of sp³-hybridized carbons (Fsp3) is 0. The molecule has 0 aliphatic rings. The summed E-state index contributed by atoms with van der Waals surface area (Å²) < 4.78 is 3.21. The van der Waals surface area contributed by atoms with Gasteiger partial charge in [-0.25, -0.2) is 4.79 Å². The van der Waals surface area contributed by atoms with Crippen LogP contribution in [0.1, 0.15) is 0 Å². The number of para-hydroxylation sites is 1. The number of halogens is 1. The van der Waals surface area contributed by atoms with Crippen LogP contribution < -0.4 is 10.4 Å². The first kappa shape index (κ1) is 11.7. The lowest BCUT2D eigenvalue weighted by atomic mass is 10.3. The summed E-state index contributed by atoms with van der Waals surface area (Å²) in [6, 6.07) is 16.7. The molecule has 0 amide bonds. The van der Waals surface area contributed by atoms with E-state index in [0.717, 1.165) is 11.4 Å². The molecule has 0 atom stereocenters. The molecule has 3 aromatic rings. The van der Waals surface area contributed by atoms with Gasteiger partial charge >= 0.3 is 5.69 Å². The molecule has 2 aromatic carbocycles. The van der Waals surface area contributed by atoms with Gasteiger partial charge in [0, 0.05) is 5.02 Å². The molecule has 4 nitrogen and oxygen atoms in total. The second kappa shape index (κ2) is 4.74. The van der Waals surface area contributed by atoms with Crippen molar-refractivity contribution in [3.63, 3.8) is 0 Å². The topological polar surface area (TPSA) is 41.7 Å². The highest BCUT2D eigenvalue weighted by Crippen LogP contribution is 2.09. The van der Waals surface area contributed by atoms with Crippen molar-refractivity contribution in [3.05, 3.63) is 76.4 Å². The van der Waals surface area contributed by atoms with E-state index in [-0.39, 0.29) is 5.69 Å². The summed E-state index contributed by atoms with van der Waals surface area (Å²) in [7, 11) is 0. The summed E-state index contributed by atoms with van der Waals surface area (Å²) in [4.78, 5) is 11.9. The van der Waals surface area contributed by atoms with Crippen molar-refractivity contribution in [2.75, 3.05) is 0 Å². The van der Waals surface area contributed by atoms with Crippen LogP contribution in [0.15, 0.2) is 65.7 Å². The largest absolute Gasteiger partial charge is 0.449 e. The lowest BCUT2D eigenvalue weighted by Crippen LogP contribution is -2.33. The molecule has 0 bridgehead atoms. The molecule has 3 rings (SSSR count). The Morgan fingerprint density at radius 2 is 1.68 bits per heavy atom. The predicted molar refractivity (Wildman–Crippen MR) is 72.9 cm³/mol. The van der Waals surface area contributed by atoms with Gasteiger partial charge in [-0.1, -0.05) is 29.8 Å². The van der Waals surface area contributed by atoms with E-state index in [2.05, 4.69) is 5.10 Å². The Kier molecular flexibility index (Phi) is 2.93. The maximum absolute atomic E-state index is 11.9. The molecule has 0 saturated carbocycles. The standard InChI is InChI=1S/C14H10ClN3O/c15-11-6-8-13(9-7-11)18-10-17(14(19)16-18)12-4-2-1-3-5-12/h1-10H/p+1. The van der Waals surface area contributed by atoms with Gasteiger partial charge in [0.1, 0.15) is 5.69 Å². The first-order chi connectivity index (χ1) is 9.24. The molecule has 1 N–H and O–H groups in total. The van der Waals surface area contributed by atoms with Crippen LogP contribution in [0.25, 0.3) is 11.4 Å². The van der Waals surface area contributed by atoms with Gasteiger partial charge < -0.3 is 0 Å². The average Bonchev–Trinajstić information content (AvgIpc) is 2.83. The Bertz CT molecular complexity index is 744. The number of aromatic amines is 1. The average molecular weight is 273 g/mol. The van der Waals surface area contributed by atoms with Crippen molar-refractivity contribution in [2.45, 2.75) is 0 Å². The third kappa shape index (κ3) is 2.30. The molecule has 0 fully saturated rings. The van der Waals surface area contributed by atoms with Crippen LogP contribution in [0.2, 0.25) is 5.02 Å².